The lowest BCUT2D eigenvalue weighted by Gasteiger charge is -2.28. The molecule has 1 unspecified atom stereocenters. The smallest absolute Gasteiger partial charge is 0.126 e. The fourth-order valence-electron chi connectivity index (χ4n) is 5.23. The number of benzene rings is 2. The number of methoxy groups -OCH3 is 2. The lowest BCUT2D eigenvalue weighted by atomic mass is 9.80. The quantitative estimate of drug-likeness (QED) is 0.411. The molecule has 0 saturated carbocycles. The van der Waals surface area contributed by atoms with Gasteiger partial charge in [-0.05, 0) is 85.8 Å². The van der Waals surface area contributed by atoms with Gasteiger partial charge < -0.3 is 9.47 Å². The highest BCUT2D eigenvalue weighted by atomic mass is 16.5. The van der Waals surface area contributed by atoms with Gasteiger partial charge in [0.2, 0.25) is 0 Å². The molecule has 3 aromatic rings. The molecule has 1 aliphatic carbocycles. The zero-order valence-electron chi connectivity index (χ0n) is 20.1. The highest BCUT2D eigenvalue weighted by molar-refractivity contribution is 5.70. The average molecular weight is 430 g/mol. The van der Waals surface area contributed by atoms with Gasteiger partial charge in [0.25, 0.3) is 0 Å². The summed E-state index contributed by atoms with van der Waals surface area (Å²) < 4.78 is 11.4. The van der Waals surface area contributed by atoms with Crippen molar-refractivity contribution in [2.45, 2.75) is 65.2 Å². The molecule has 0 radical (unpaired) electrons. The molecule has 0 aliphatic heterocycles. The second kappa shape index (κ2) is 9.77. The topological polar surface area (TPSA) is 31.4 Å². The molecule has 4 rings (SSSR count). The first-order valence-electron chi connectivity index (χ1n) is 11.9. The molecular weight excluding hydrogens is 394 g/mol. The minimum Gasteiger partial charge on any atom is -0.497 e. The van der Waals surface area contributed by atoms with Gasteiger partial charge in [0, 0.05) is 22.9 Å². The molecule has 168 valence electrons. The SMILES string of the molecule is CCc1cccc(CC)c1-c1cc(OC)c2c(n1)CCCC2Cc1ccc(OC)cc1C. The van der Waals surface area contributed by atoms with Crippen LogP contribution in [-0.4, -0.2) is 19.2 Å². The first-order valence-corrected chi connectivity index (χ1v) is 11.9. The van der Waals surface area contributed by atoms with E-state index in [1.807, 2.05) is 0 Å². The predicted molar refractivity (Wildman–Crippen MR) is 132 cm³/mol. The normalized spacial score (nSPS) is 15.3. The maximum Gasteiger partial charge on any atom is 0.126 e. The Balaban J connectivity index is 1.77. The summed E-state index contributed by atoms with van der Waals surface area (Å²) in [4.78, 5) is 5.25. The van der Waals surface area contributed by atoms with E-state index in [9.17, 15) is 0 Å². The Morgan fingerprint density at radius 1 is 0.938 bits per heavy atom. The fourth-order valence-corrected chi connectivity index (χ4v) is 5.23. The van der Waals surface area contributed by atoms with Crippen LogP contribution in [0.25, 0.3) is 11.3 Å². The van der Waals surface area contributed by atoms with Crippen LogP contribution in [-0.2, 0) is 25.7 Å². The number of fused-ring (bicyclic) bond motifs is 1. The number of ether oxygens (including phenoxy) is 2. The maximum atomic E-state index is 6.00. The number of hydrogen-bond donors (Lipinski definition) is 0. The van der Waals surface area contributed by atoms with Gasteiger partial charge in [0.15, 0.2) is 0 Å². The molecule has 0 amide bonds. The summed E-state index contributed by atoms with van der Waals surface area (Å²) in [6.07, 6.45) is 6.37. The molecule has 1 heterocycles. The predicted octanol–water partition coefficient (Wildman–Crippen LogP) is 6.86. The van der Waals surface area contributed by atoms with Crippen LogP contribution in [0.2, 0.25) is 0 Å². The van der Waals surface area contributed by atoms with Crippen LogP contribution < -0.4 is 9.47 Å². The molecule has 0 saturated heterocycles. The summed E-state index contributed by atoms with van der Waals surface area (Å²) in [6.45, 7) is 6.62. The van der Waals surface area contributed by atoms with E-state index in [2.05, 4.69) is 63.2 Å². The molecule has 1 atom stereocenters. The lowest BCUT2D eigenvalue weighted by Crippen LogP contribution is -2.16. The van der Waals surface area contributed by atoms with Crippen LogP contribution in [0.1, 0.15) is 66.1 Å². The zero-order valence-corrected chi connectivity index (χ0v) is 20.1. The highest BCUT2D eigenvalue weighted by Gasteiger charge is 2.27. The van der Waals surface area contributed by atoms with Crippen molar-refractivity contribution in [1.82, 2.24) is 4.98 Å². The standard InChI is InChI=1S/C29H35NO2/c1-6-20-10-8-11-21(7-2)28(20)26-18-27(32-5)29-23(12-9-13-25(29)30-26)17-22-14-15-24(31-4)16-19(22)3/h8,10-11,14-16,18,23H,6-7,9,12-13,17H2,1-5H3. The highest BCUT2D eigenvalue weighted by Crippen LogP contribution is 2.42. The van der Waals surface area contributed by atoms with Crippen LogP contribution in [0, 0.1) is 6.92 Å². The summed E-state index contributed by atoms with van der Waals surface area (Å²) in [6, 6.07) is 15.2. The minimum atomic E-state index is 0.425. The number of pyridine rings is 1. The third kappa shape index (κ3) is 4.26. The minimum absolute atomic E-state index is 0.425. The second-order valence-electron chi connectivity index (χ2n) is 8.81. The number of aromatic nitrogens is 1. The zero-order chi connectivity index (χ0) is 22.7. The Labute approximate surface area is 192 Å². The van der Waals surface area contributed by atoms with Crippen molar-refractivity contribution in [3.63, 3.8) is 0 Å². The summed E-state index contributed by atoms with van der Waals surface area (Å²) in [5, 5.41) is 0. The van der Waals surface area contributed by atoms with Crippen molar-refractivity contribution < 1.29 is 9.47 Å². The third-order valence-electron chi connectivity index (χ3n) is 6.96. The molecule has 0 bridgehead atoms. The van der Waals surface area contributed by atoms with Gasteiger partial charge in [-0.1, -0.05) is 38.1 Å². The van der Waals surface area contributed by atoms with Crippen LogP contribution in [0.5, 0.6) is 11.5 Å². The van der Waals surface area contributed by atoms with E-state index in [4.69, 9.17) is 14.5 Å². The molecule has 1 aliphatic rings. The summed E-state index contributed by atoms with van der Waals surface area (Å²) in [5.41, 5.74) is 10.3. The Morgan fingerprint density at radius 2 is 1.69 bits per heavy atom. The van der Waals surface area contributed by atoms with E-state index in [1.54, 1.807) is 14.2 Å². The van der Waals surface area contributed by atoms with Crippen molar-refractivity contribution in [1.29, 1.82) is 0 Å². The Morgan fingerprint density at radius 3 is 2.31 bits per heavy atom. The summed E-state index contributed by atoms with van der Waals surface area (Å²) in [5.74, 6) is 2.34. The number of nitrogens with zero attached hydrogens (tertiary/aromatic N) is 1. The summed E-state index contributed by atoms with van der Waals surface area (Å²) >= 11 is 0. The van der Waals surface area contributed by atoms with Crippen molar-refractivity contribution in [3.05, 3.63) is 76.0 Å². The van der Waals surface area contributed by atoms with Gasteiger partial charge in [-0.15, -0.1) is 0 Å². The van der Waals surface area contributed by atoms with Crippen molar-refractivity contribution in [2.24, 2.45) is 0 Å². The molecule has 1 aromatic heterocycles. The third-order valence-corrected chi connectivity index (χ3v) is 6.96. The van der Waals surface area contributed by atoms with Gasteiger partial charge >= 0.3 is 0 Å². The van der Waals surface area contributed by atoms with E-state index in [-0.39, 0.29) is 0 Å². The molecule has 0 N–H and O–H groups in total. The Hall–Kier alpha value is -2.81. The van der Waals surface area contributed by atoms with E-state index in [1.165, 1.54) is 51.9 Å². The lowest BCUT2D eigenvalue weighted by molar-refractivity contribution is 0.395. The monoisotopic (exact) mass is 429 g/mol. The number of rotatable bonds is 7. The Kier molecular flexibility index (Phi) is 6.83. The fraction of sp³-hybridized carbons (Fsp3) is 0.414. The van der Waals surface area contributed by atoms with Crippen LogP contribution in [0.15, 0.2) is 42.5 Å². The molecular formula is C29H35NO2. The Bertz CT molecular complexity index is 1060. The van der Waals surface area contributed by atoms with Crippen molar-refractivity contribution in [3.8, 4) is 22.8 Å². The van der Waals surface area contributed by atoms with Gasteiger partial charge in [-0.3, -0.25) is 4.98 Å². The molecule has 3 nitrogen and oxygen atoms in total. The molecule has 0 fully saturated rings. The second-order valence-corrected chi connectivity index (χ2v) is 8.81. The van der Waals surface area contributed by atoms with E-state index in [0.29, 0.717) is 5.92 Å². The number of hydrogen-bond acceptors (Lipinski definition) is 3. The van der Waals surface area contributed by atoms with Crippen LogP contribution >= 0.6 is 0 Å². The van der Waals surface area contributed by atoms with E-state index in [0.717, 1.165) is 42.9 Å². The van der Waals surface area contributed by atoms with Gasteiger partial charge in [0.05, 0.1) is 19.9 Å². The van der Waals surface area contributed by atoms with Gasteiger partial charge in [0.1, 0.15) is 11.5 Å². The van der Waals surface area contributed by atoms with Gasteiger partial charge in [-0.25, -0.2) is 0 Å². The van der Waals surface area contributed by atoms with Crippen molar-refractivity contribution >= 4 is 0 Å². The van der Waals surface area contributed by atoms with E-state index >= 15 is 0 Å². The average Bonchev–Trinajstić information content (AvgIpc) is 2.83. The van der Waals surface area contributed by atoms with Crippen LogP contribution in [0.3, 0.4) is 0 Å². The van der Waals surface area contributed by atoms with Crippen molar-refractivity contribution in [2.75, 3.05) is 14.2 Å². The van der Waals surface area contributed by atoms with Gasteiger partial charge in [-0.2, -0.15) is 0 Å². The van der Waals surface area contributed by atoms with E-state index < -0.39 is 0 Å². The van der Waals surface area contributed by atoms with Crippen LogP contribution in [0.4, 0.5) is 0 Å². The molecule has 0 spiro atoms. The number of aryl methyl sites for hydroxylation is 4. The molecule has 32 heavy (non-hydrogen) atoms. The summed E-state index contributed by atoms with van der Waals surface area (Å²) in [7, 11) is 3.52. The first-order chi connectivity index (χ1) is 15.6. The molecule has 3 heteroatoms. The largest absolute Gasteiger partial charge is 0.497 e. The first kappa shape index (κ1) is 22.4. The molecule has 2 aromatic carbocycles. The maximum absolute atomic E-state index is 6.00.